The van der Waals surface area contributed by atoms with Gasteiger partial charge in [-0.3, -0.25) is 9.48 Å². The summed E-state index contributed by atoms with van der Waals surface area (Å²) in [6.45, 7) is 0.736. The summed E-state index contributed by atoms with van der Waals surface area (Å²) in [5.74, 6) is 0.435. The van der Waals surface area contributed by atoms with Crippen LogP contribution in [0.3, 0.4) is 0 Å². The third kappa shape index (κ3) is 3.92. The van der Waals surface area contributed by atoms with Gasteiger partial charge in [-0.2, -0.15) is 5.10 Å². The molecule has 3 atom stereocenters. The van der Waals surface area contributed by atoms with Gasteiger partial charge in [-0.05, 0) is 38.2 Å². The second-order valence-electron chi connectivity index (χ2n) is 7.75. The van der Waals surface area contributed by atoms with Gasteiger partial charge >= 0.3 is 0 Å². The zero-order valence-corrected chi connectivity index (χ0v) is 16.8. The normalized spacial score (nSPS) is 24.6. The van der Waals surface area contributed by atoms with Crippen LogP contribution >= 0.6 is 11.6 Å². The van der Waals surface area contributed by atoms with Crippen molar-refractivity contribution < 1.29 is 9.53 Å². The number of nitrogens with zero attached hydrogens (tertiary/aromatic N) is 3. The van der Waals surface area contributed by atoms with E-state index < -0.39 is 0 Å². The van der Waals surface area contributed by atoms with Crippen LogP contribution in [0, 0.1) is 5.92 Å². The lowest BCUT2D eigenvalue weighted by Crippen LogP contribution is -2.34. The average molecular weight is 404 g/mol. The van der Waals surface area contributed by atoms with E-state index in [1.165, 1.54) is 0 Å². The van der Waals surface area contributed by atoms with Crippen LogP contribution in [0.25, 0.3) is 11.1 Å². The van der Waals surface area contributed by atoms with Crippen molar-refractivity contribution in [3.05, 3.63) is 29.2 Å². The van der Waals surface area contributed by atoms with Gasteiger partial charge in [-0.1, -0.05) is 18.0 Å². The van der Waals surface area contributed by atoms with Crippen molar-refractivity contribution in [1.82, 2.24) is 14.8 Å². The minimum atomic E-state index is -0.0560. The SMILES string of the molecule is COC1CCc2c(-c3cc(NC(=O)[C@H]4CCC[C@@H](N)C4)ncc3Cl)cnn2C1. The van der Waals surface area contributed by atoms with Crippen molar-refractivity contribution in [1.29, 1.82) is 0 Å². The Morgan fingerprint density at radius 3 is 2.96 bits per heavy atom. The molecule has 1 amide bonds. The molecule has 150 valence electrons. The molecule has 2 aromatic heterocycles. The number of carbonyl (C=O) groups is 1. The smallest absolute Gasteiger partial charge is 0.228 e. The first-order valence-corrected chi connectivity index (χ1v) is 10.2. The molecule has 0 saturated heterocycles. The lowest BCUT2D eigenvalue weighted by molar-refractivity contribution is -0.120. The summed E-state index contributed by atoms with van der Waals surface area (Å²) < 4.78 is 7.44. The molecule has 0 aromatic carbocycles. The van der Waals surface area contributed by atoms with E-state index in [4.69, 9.17) is 22.1 Å². The summed E-state index contributed by atoms with van der Waals surface area (Å²) in [7, 11) is 1.73. The van der Waals surface area contributed by atoms with Gasteiger partial charge in [0.05, 0.1) is 23.9 Å². The van der Waals surface area contributed by atoms with Crippen LogP contribution < -0.4 is 11.1 Å². The van der Waals surface area contributed by atoms with Crippen molar-refractivity contribution in [3.8, 4) is 11.1 Å². The van der Waals surface area contributed by atoms with Crippen molar-refractivity contribution in [3.63, 3.8) is 0 Å². The molecule has 1 aliphatic carbocycles. The van der Waals surface area contributed by atoms with E-state index in [-0.39, 0.29) is 24.0 Å². The number of hydrogen-bond acceptors (Lipinski definition) is 5. The van der Waals surface area contributed by atoms with Crippen molar-refractivity contribution in [2.45, 2.75) is 57.2 Å². The quantitative estimate of drug-likeness (QED) is 0.818. The van der Waals surface area contributed by atoms with E-state index in [1.54, 1.807) is 13.3 Å². The molecule has 8 heteroatoms. The molecule has 4 rings (SSSR count). The van der Waals surface area contributed by atoms with Gasteiger partial charge in [0.25, 0.3) is 0 Å². The zero-order chi connectivity index (χ0) is 19.7. The average Bonchev–Trinajstić information content (AvgIpc) is 3.12. The molecule has 3 heterocycles. The standard InChI is InChI=1S/C20H26ClN5O2/c1-28-14-5-6-18-16(9-24-26(18)11-14)15-8-19(23-10-17(15)21)25-20(27)12-3-2-4-13(22)7-12/h8-10,12-14H,2-7,11,22H2,1H3,(H,23,25,27)/t12-,13+,14?/m0/s1. The first kappa shape index (κ1) is 19.4. The highest BCUT2D eigenvalue weighted by atomic mass is 35.5. The monoisotopic (exact) mass is 403 g/mol. The molecule has 7 nitrogen and oxygen atoms in total. The fraction of sp³-hybridized carbons (Fsp3) is 0.550. The van der Waals surface area contributed by atoms with E-state index in [9.17, 15) is 4.79 Å². The Hall–Kier alpha value is -1.96. The Balaban J connectivity index is 1.55. The van der Waals surface area contributed by atoms with E-state index >= 15 is 0 Å². The number of aromatic nitrogens is 3. The number of nitrogens with two attached hydrogens (primary N) is 1. The summed E-state index contributed by atoms with van der Waals surface area (Å²) in [6.07, 6.45) is 9.00. The summed E-state index contributed by atoms with van der Waals surface area (Å²) in [4.78, 5) is 16.9. The maximum atomic E-state index is 12.6. The Morgan fingerprint density at radius 2 is 2.18 bits per heavy atom. The van der Waals surface area contributed by atoms with E-state index in [0.717, 1.165) is 61.9 Å². The molecule has 1 fully saturated rings. The van der Waals surface area contributed by atoms with Crippen molar-refractivity contribution in [2.75, 3.05) is 12.4 Å². The van der Waals surface area contributed by atoms with Gasteiger partial charge < -0.3 is 15.8 Å². The van der Waals surface area contributed by atoms with Crippen LogP contribution in [0.15, 0.2) is 18.5 Å². The molecule has 0 radical (unpaired) electrons. The molecular formula is C20H26ClN5O2. The van der Waals surface area contributed by atoms with Crippen LogP contribution in [0.5, 0.6) is 0 Å². The van der Waals surface area contributed by atoms with Gasteiger partial charge in [-0.25, -0.2) is 4.98 Å². The molecule has 1 saturated carbocycles. The Labute approximate surface area is 169 Å². The fourth-order valence-electron chi connectivity index (χ4n) is 4.24. The van der Waals surface area contributed by atoms with Gasteiger partial charge in [0, 0.05) is 42.1 Å². The van der Waals surface area contributed by atoms with Crippen LogP contribution in [0.2, 0.25) is 5.02 Å². The summed E-state index contributed by atoms with van der Waals surface area (Å²) in [5.41, 5.74) is 8.97. The van der Waals surface area contributed by atoms with Crippen molar-refractivity contribution >= 4 is 23.3 Å². The third-order valence-electron chi connectivity index (χ3n) is 5.84. The topological polar surface area (TPSA) is 95.1 Å². The number of ether oxygens (including phenoxy) is 1. The summed E-state index contributed by atoms with van der Waals surface area (Å²) >= 11 is 6.44. The number of carbonyl (C=O) groups excluding carboxylic acids is 1. The third-order valence-corrected chi connectivity index (χ3v) is 6.15. The molecule has 1 unspecified atom stereocenters. The largest absolute Gasteiger partial charge is 0.380 e. The van der Waals surface area contributed by atoms with Crippen LogP contribution in [0.1, 0.15) is 37.8 Å². The Kier molecular flexibility index (Phi) is 5.66. The molecule has 2 aliphatic rings. The number of methoxy groups -OCH3 is 1. The first-order valence-electron chi connectivity index (χ1n) is 9.85. The highest BCUT2D eigenvalue weighted by Crippen LogP contribution is 2.34. The number of pyridine rings is 1. The lowest BCUT2D eigenvalue weighted by atomic mass is 9.85. The minimum absolute atomic E-state index is 0.0177. The second-order valence-corrected chi connectivity index (χ2v) is 8.15. The molecule has 3 N–H and O–H groups in total. The lowest BCUT2D eigenvalue weighted by Gasteiger charge is -2.25. The predicted octanol–water partition coefficient (Wildman–Crippen LogP) is 3.02. The molecule has 0 bridgehead atoms. The highest BCUT2D eigenvalue weighted by Gasteiger charge is 2.26. The van der Waals surface area contributed by atoms with Crippen LogP contribution in [-0.2, 0) is 22.5 Å². The number of anilines is 1. The number of halogens is 1. The molecule has 0 spiro atoms. The first-order chi connectivity index (χ1) is 13.5. The number of hydrogen-bond donors (Lipinski definition) is 2. The predicted molar refractivity (Wildman–Crippen MR) is 108 cm³/mol. The highest BCUT2D eigenvalue weighted by molar-refractivity contribution is 6.33. The number of amides is 1. The van der Waals surface area contributed by atoms with Gasteiger partial charge in [-0.15, -0.1) is 0 Å². The molecule has 2 aromatic rings. The fourth-order valence-corrected chi connectivity index (χ4v) is 4.44. The van der Waals surface area contributed by atoms with Crippen molar-refractivity contribution in [2.24, 2.45) is 11.7 Å². The Bertz CT molecular complexity index is 868. The minimum Gasteiger partial charge on any atom is -0.380 e. The van der Waals surface area contributed by atoms with Gasteiger partial charge in [0.2, 0.25) is 5.91 Å². The zero-order valence-electron chi connectivity index (χ0n) is 16.0. The second kappa shape index (κ2) is 8.19. The molecule has 28 heavy (non-hydrogen) atoms. The number of nitrogens with one attached hydrogen (secondary N) is 1. The molecular weight excluding hydrogens is 378 g/mol. The number of rotatable bonds is 4. The van der Waals surface area contributed by atoms with Crippen LogP contribution in [-0.4, -0.2) is 39.9 Å². The Morgan fingerprint density at radius 1 is 1.32 bits per heavy atom. The van der Waals surface area contributed by atoms with Gasteiger partial charge in [0.15, 0.2) is 0 Å². The van der Waals surface area contributed by atoms with Gasteiger partial charge in [0.1, 0.15) is 5.82 Å². The summed E-state index contributed by atoms with van der Waals surface area (Å²) in [6, 6.07) is 1.94. The maximum absolute atomic E-state index is 12.6. The summed E-state index contributed by atoms with van der Waals surface area (Å²) in [5, 5.41) is 7.99. The van der Waals surface area contributed by atoms with E-state index in [2.05, 4.69) is 15.4 Å². The maximum Gasteiger partial charge on any atom is 0.228 e. The van der Waals surface area contributed by atoms with E-state index in [0.29, 0.717) is 10.8 Å². The van der Waals surface area contributed by atoms with Crippen LogP contribution in [0.4, 0.5) is 5.82 Å². The molecule has 1 aliphatic heterocycles. The van der Waals surface area contributed by atoms with E-state index in [1.807, 2.05) is 16.9 Å². The number of fused-ring (bicyclic) bond motifs is 1.